The molecule has 0 spiro atoms. The summed E-state index contributed by atoms with van der Waals surface area (Å²) < 4.78 is 10.3. The minimum atomic E-state index is -0.637. The maximum absolute atomic E-state index is 11.2. The fourth-order valence-corrected chi connectivity index (χ4v) is 1.44. The van der Waals surface area contributed by atoms with Gasteiger partial charge in [-0.2, -0.15) is 4.98 Å². The number of nitrogens with zero attached hydrogens (tertiary/aromatic N) is 2. The van der Waals surface area contributed by atoms with Gasteiger partial charge < -0.3 is 25.6 Å². The molecule has 0 aliphatic heterocycles. The molecule has 9 heteroatoms. The van der Waals surface area contributed by atoms with Gasteiger partial charge >= 0.3 is 0 Å². The summed E-state index contributed by atoms with van der Waals surface area (Å²) in [6, 6.07) is 0. The maximum atomic E-state index is 11.2. The van der Waals surface area contributed by atoms with Crippen molar-refractivity contribution in [1.29, 1.82) is 0 Å². The van der Waals surface area contributed by atoms with E-state index in [9.17, 15) is 4.79 Å². The highest BCUT2D eigenvalue weighted by Gasteiger charge is 2.10. The molecule has 0 aliphatic carbocycles. The largest absolute Gasteiger partial charge is 0.394 e. The zero-order valence-corrected chi connectivity index (χ0v) is 11.6. The van der Waals surface area contributed by atoms with Crippen LogP contribution >= 0.6 is 11.6 Å². The number of amides is 1. The Morgan fingerprint density at radius 2 is 2.05 bits per heavy atom. The van der Waals surface area contributed by atoms with Crippen molar-refractivity contribution in [1.82, 2.24) is 9.97 Å². The van der Waals surface area contributed by atoms with Gasteiger partial charge in [-0.1, -0.05) is 0 Å². The van der Waals surface area contributed by atoms with Gasteiger partial charge in [0.15, 0.2) is 0 Å². The SMILES string of the molecule is NC(=O)c1cnc(Cl)nc1NCCOCCOCCO. The molecule has 1 rings (SSSR count). The number of halogens is 1. The molecule has 0 unspecified atom stereocenters. The second kappa shape index (κ2) is 9.43. The third-order valence-electron chi connectivity index (χ3n) is 2.17. The molecular weight excluding hydrogens is 288 g/mol. The lowest BCUT2D eigenvalue weighted by Crippen LogP contribution is -2.19. The molecular formula is C11H17ClN4O4. The molecule has 1 aromatic heterocycles. The summed E-state index contributed by atoms with van der Waals surface area (Å²) in [5.74, 6) is -0.361. The molecule has 0 saturated carbocycles. The van der Waals surface area contributed by atoms with Gasteiger partial charge in [-0.3, -0.25) is 4.79 Å². The Morgan fingerprint density at radius 1 is 1.35 bits per heavy atom. The normalized spacial score (nSPS) is 10.5. The average Bonchev–Trinajstić information content (AvgIpc) is 2.41. The standard InChI is InChI=1S/C11H17ClN4O4/c12-11-15-7-8(9(13)18)10(16-11)14-1-3-19-5-6-20-4-2-17/h7,17H,1-6H2,(H2,13,18)(H,14,15,16). The number of aromatic nitrogens is 2. The molecule has 0 fully saturated rings. The van der Waals surface area contributed by atoms with E-state index in [1.54, 1.807) is 0 Å². The molecule has 0 saturated heterocycles. The maximum Gasteiger partial charge on any atom is 0.254 e. The van der Waals surface area contributed by atoms with Crippen LogP contribution in [0.2, 0.25) is 5.28 Å². The minimum absolute atomic E-state index is 0.00801. The van der Waals surface area contributed by atoms with Gasteiger partial charge in [0.25, 0.3) is 5.91 Å². The minimum Gasteiger partial charge on any atom is -0.394 e. The number of ether oxygens (including phenoxy) is 2. The van der Waals surface area contributed by atoms with Gasteiger partial charge in [0.2, 0.25) is 5.28 Å². The molecule has 0 aliphatic rings. The van der Waals surface area contributed by atoms with Crippen LogP contribution < -0.4 is 11.1 Å². The third kappa shape index (κ3) is 6.11. The molecule has 20 heavy (non-hydrogen) atoms. The average molecular weight is 305 g/mol. The predicted molar refractivity (Wildman–Crippen MR) is 72.8 cm³/mol. The zero-order valence-electron chi connectivity index (χ0n) is 10.8. The Morgan fingerprint density at radius 3 is 2.70 bits per heavy atom. The topological polar surface area (TPSA) is 120 Å². The lowest BCUT2D eigenvalue weighted by atomic mass is 10.3. The highest BCUT2D eigenvalue weighted by atomic mass is 35.5. The van der Waals surface area contributed by atoms with E-state index in [1.165, 1.54) is 6.20 Å². The molecule has 8 nitrogen and oxygen atoms in total. The van der Waals surface area contributed by atoms with Gasteiger partial charge in [0, 0.05) is 12.7 Å². The number of primary amides is 1. The first-order valence-electron chi connectivity index (χ1n) is 5.97. The number of anilines is 1. The second-order valence-corrected chi connectivity index (χ2v) is 3.98. The summed E-state index contributed by atoms with van der Waals surface area (Å²) in [5, 5.41) is 11.4. The van der Waals surface area contributed by atoms with E-state index < -0.39 is 5.91 Å². The van der Waals surface area contributed by atoms with Crippen molar-refractivity contribution >= 4 is 23.3 Å². The van der Waals surface area contributed by atoms with Gasteiger partial charge in [0.1, 0.15) is 5.82 Å². The Kier molecular flexibility index (Phi) is 7.81. The lowest BCUT2D eigenvalue weighted by molar-refractivity contribution is 0.0361. The molecule has 0 aromatic carbocycles. The molecule has 1 heterocycles. The number of aliphatic hydroxyl groups excluding tert-OH is 1. The van der Waals surface area contributed by atoms with Gasteiger partial charge in [-0.15, -0.1) is 0 Å². The number of nitrogens with two attached hydrogens (primary N) is 1. The highest BCUT2D eigenvalue weighted by molar-refractivity contribution is 6.28. The van der Waals surface area contributed by atoms with E-state index in [0.29, 0.717) is 33.0 Å². The number of carbonyl (C=O) groups is 1. The number of nitrogens with one attached hydrogen (secondary N) is 1. The first kappa shape index (κ1) is 16.6. The first-order chi connectivity index (χ1) is 9.65. The first-order valence-corrected chi connectivity index (χ1v) is 6.35. The number of carbonyl (C=O) groups excluding carboxylic acids is 1. The van der Waals surface area contributed by atoms with Crippen molar-refractivity contribution in [3.05, 3.63) is 17.0 Å². The van der Waals surface area contributed by atoms with Crippen molar-refractivity contribution in [2.75, 3.05) is 44.9 Å². The van der Waals surface area contributed by atoms with E-state index in [4.69, 9.17) is 31.9 Å². The lowest BCUT2D eigenvalue weighted by Gasteiger charge is -2.09. The van der Waals surface area contributed by atoms with Crippen molar-refractivity contribution in [3.63, 3.8) is 0 Å². The van der Waals surface area contributed by atoms with Gasteiger partial charge in [-0.25, -0.2) is 4.98 Å². The summed E-state index contributed by atoms with van der Waals surface area (Å²) in [7, 11) is 0. The quantitative estimate of drug-likeness (QED) is 0.400. The van der Waals surface area contributed by atoms with Crippen molar-refractivity contribution in [2.45, 2.75) is 0 Å². The van der Waals surface area contributed by atoms with Crippen molar-refractivity contribution < 1.29 is 19.4 Å². The van der Waals surface area contributed by atoms with Crippen LogP contribution in [-0.2, 0) is 9.47 Å². The third-order valence-corrected chi connectivity index (χ3v) is 2.35. The molecule has 1 amide bonds. The van der Waals surface area contributed by atoms with Gasteiger partial charge in [-0.05, 0) is 11.6 Å². The van der Waals surface area contributed by atoms with E-state index in [0.717, 1.165) is 0 Å². The fourth-order valence-electron chi connectivity index (χ4n) is 1.30. The summed E-state index contributed by atoms with van der Waals surface area (Å²) in [6.07, 6.45) is 1.27. The number of rotatable bonds is 10. The van der Waals surface area contributed by atoms with Crippen molar-refractivity contribution in [2.24, 2.45) is 5.73 Å². The van der Waals surface area contributed by atoms with E-state index in [-0.39, 0.29) is 23.3 Å². The summed E-state index contributed by atoms with van der Waals surface area (Å²) >= 11 is 5.65. The smallest absolute Gasteiger partial charge is 0.254 e. The molecule has 0 bridgehead atoms. The van der Waals surface area contributed by atoms with Crippen LogP contribution in [0.25, 0.3) is 0 Å². The molecule has 4 N–H and O–H groups in total. The van der Waals surface area contributed by atoms with E-state index in [1.807, 2.05) is 0 Å². The second-order valence-electron chi connectivity index (χ2n) is 3.64. The van der Waals surface area contributed by atoms with E-state index in [2.05, 4.69) is 15.3 Å². The summed E-state index contributed by atoms with van der Waals surface area (Å²) in [5.41, 5.74) is 5.36. The molecule has 1 aromatic rings. The molecule has 0 radical (unpaired) electrons. The Hall–Kier alpha value is -1.48. The Balaban J connectivity index is 2.28. The van der Waals surface area contributed by atoms with Crippen molar-refractivity contribution in [3.8, 4) is 0 Å². The van der Waals surface area contributed by atoms with Crippen LogP contribution in [-0.4, -0.2) is 60.6 Å². The van der Waals surface area contributed by atoms with Crippen LogP contribution in [0.5, 0.6) is 0 Å². The Labute approximate surface area is 121 Å². The monoisotopic (exact) mass is 304 g/mol. The van der Waals surface area contributed by atoms with Crippen LogP contribution in [0.1, 0.15) is 10.4 Å². The van der Waals surface area contributed by atoms with Crippen LogP contribution in [0.4, 0.5) is 5.82 Å². The van der Waals surface area contributed by atoms with Crippen LogP contribution in [0, 0.1) is 0 Å². The summed E-state index contributed by atoms with van der Waals surface area (Å²) in [6.45, 7) is 1.92. The highest BCUT2D eigenvalue weighted by Crippen LogP contribution is 2.12. The van der Waals surface area contributed by atoms with Crippen LogP contribution in [0.3, 0.4) is 0 Å². The zero-order chi connectivity index (χ0) is 14.8. The van der Waals surface area contributed by atoms with Crippen LogP contribution in [0.15, 0.2) is 6.20 Å². The summed E-state index contributed by atoms with van der Waals surface area (Å²) in [4.78, 5) is 18.7. The number of aliphatic hydroxyl groups is 1. The van der Waals surface area contributed by atoms with Gasteiger partial charge in [0.05, 0.1) is 38.6 Å². The number of hydrogen-bond donors (Lipinski definition) is 3. The number of hydrogen-bond acceptors (Lipinski definition) is 7. The predicted octanol–water partition coefficient (Wildman–Crippen LogP) is -0.334. The van der Waals surface area contributed by atoms with E-state index >= 15 is 0 Å². The molecule has 112 valence electrons. The fraction of sp³-hybridized carbons (Fsp3) is 0.545. The molecule has 0 atom stereocenters. The Bertz CT molecular complexity index is 433.